The molecule has 2 aromatic heterocycles. The molecule has 2 aromatic carbocycles. The van der Waals surface area contributed by atoms with Crippen LogP contribution in [0.2, 0.25) is 10.0 Å². The Balaban J connectivity index is 1.58. The Morgan fingerprint density at radius 3 is 2.51 bits per heavy atom. The van der Waals surface area contributed by atoms with Gasteiger partial charge in [-0.3, -0.25) is 0 Å². The van der Waals surface area contributed by atoms with Crippen LogP contribution in [0.15, 0.2) is 67.5 Å². The molecule has 0 fully saturated rings. The van der Waals surface area contributed by atoms with Crippen LogP contribution in [-0.4, -0.2) is 39.5 Å². The highest BCUT2D eigenvalue weighted by Gasteiger charge is 2.19. The topological polar surface area (TPSA) is 136 Å². The summed E-state index contributed by atoms with van der Waals surface area (Å²) in [7, 11) is 1.48. The normalized spacial score (nSPS) is 11.5. The van der Waals surface area contributed by atoms with Crippen LogP contribution in [0.1, 0.15) is 16.1 Å². The molecule has 0 radical (unpaired) electrons. The summed E-state index contributed by atoms with van der Waals surface area (Å²) < 4.78 is 16.6. The van der Waals surface area contributed by atoms with Crippen LogP contribution in [-0.2, 0) is 4.79 Å². The first-order chi connectivity index (χ1) is 16.7. The van der Waals surface area contributed by atoms with Crippen molar-refractivity contribution in [1.82, 2.24) is 10.2 Å². The fraction of sp³-hybridized carbons (Fsp3) is 0.0435. The number of carbonyl (C=O) groups is 2. The van der Waals surface area contributed by atoms with E-state index in [1.54, 1.807) is 36.4 Å². The first kappa shape index (κ1) is 24.4. The summed E-state index contributed by atoms with van der Waals surface area (Å²) in [4.78, 5) is 22.8. The van der Waals surface area contributed by atoms with Gasteiger partial charge in [0.05, 0.1) is 23.3 Å². The molecule has 0 bridgehead atoms. The van der Waals surface area contributed by atoms with Gasteiger partial charge in [-0.15, -0.1) is 10.2 Å². The van der Waals surface area contributed by atoms with E-state index >= 15 is 0 Å². The predicted molar refractivity (Wildman–Crippen MR) is 129 cm³/mol. The minimum Gasteiger partial charge on any atom is -0.496 e. The van der Waals surface area contributed by atoms with Crippen molar-refractivity contribution in [3.8, 4) is 28.5 Å². The molecule has 0 aliphatic rings. The largest absolute Gasteiger partial charge is 0.496 e. The lowest BCUT2D eigenvalue weighted by Crippen LogP contribution is -1.97. The molecule has 0 saturated heterocycles. The predicted octanol–water partition coefficient (Wildman–Crippen LogP) is 6.23. The van der Waals surface area contributed by atoms with E-state index in [2.05, 4.69) is 10.2 Å². The summed E-state index contributed by atoms with van der Waals surface area (Å²) in [6.07, 6.45) is 1.30. The number of thioether (sulfide) groups is 1. The van der Waals surface area contributed by atoms with Crippen molar-refractivity contribution in [2.75, 3.05) is 7.11 Å². The van der Waals surface area contributed by atoms with Crippen molar-refractivity contribution in [3.63, 3.8) is 0 Å². The number of methoxy groups -OCH3 is 1. The Morgan fingerprint density at radius 2 is 1.83 bits per heavy atom. The minimum atomic E-state index is -1.23. The molecule has 9 nitrogen and oxygen atoms in total. The second kappa shape index (κ2) is 10.3. The molecule has 0 unspecified atom stereocenters. The third-order valence-corrected chi connectivity index (χ3v) is 5.99. The first-order valence-corrected chi connectivity index (χ1v) is 11.3. The summed E-state index contributed by atoms with van der Waals surface area (Å²) in [6, 6.07) is 12.4. The molecular formula is C23H14Cl2N2O7S. The molecule has 0 amide bonds. The van der Waals surface area contributed by atoms with Crippen molar-refractivity contribution in [1.29, 1.82) is 0 Å². The summed E-state index contributed by atoms with van der Waals surface area (Å²) in [5.41, 5.74) is 0.950. The number of halogens is 2. The number of rotatable bonds is 8. The molecule has 4 rings (SSSR count). The van der Waals surface area contributed by atoms with E-state index in [-0.39, 0.29) is 32.4 Å². The maximum atomic E-state index is 11.8. The Hall–Kier alpha value is -3.73. The number of benzene rings is 2. The van der Waals surface area contributed by atoms with E-state index < -0.39 is 11.9 Å². The number of hydrogen-bond acceptors (Lipinski definition) is 8. The van der Waals surface area contributed by atoms with Crippen molar-refractivity contribution in [3.05, 3.63) is 74.8 Å². The number of carboxylic acid groups (broad SMARTS) is 2. The van der Waals surface area contributed by atoms with Gasteiger partial charge < -0.3 is 23.8 Å². The number of hydrogen-bond donors (Lipinski definition) is 2. The fourth-order valence-electron chi connectivity index (χ4n) is 2.99. The van der Waals surface area contributed by atoms with Crippen LogP contribution >= 0.6 is 35.0 Å². The molecule has 0 spiro atoms. The third-order valence-electron chi connectivity index (χ3n) is 4.59. The van der Waals surface area contributed by atoms with Crippen LogP contribution in [0, 0.1) is 0 Å². The van der Waals surface area contributed by atoms with E-state index in [0.29, 0.717) is 27.7 Å². The number of furan rings is 1. The number of aliphatic carboxylic acids is 1. The standard InChI is InChI=1S/C23H14Cl2N2O7S/c1-32-18-6-3-12(24)9-15(18)20-26-27-23(34-20)35-19(22(30)31)10-13-4-7-17(33-13)11-2-5-14(21(28)29)16(25)8-11/h2-10H,1H3,(H,28,29)(H,30,31)/b19-10-. The van der Waals surface area contributed by atoms with Crippen LogP contribution < -0.4 is 4.74 Å². The van der Waals surface area contributed by atoms with Gasteiger partial charge in [-0.25, -0.2) is 9.59 Å². The van der Waals surface area contributed by atoms with Crippen LogP contribution in [0.25, 0.3) is 28.9 Å². The van der Waals surface area contributed by atoms with Gasteiger partial charge in [0.1, 0.15) is 22.2 Å². The highest BCUT2D eigenvalue weighted by molar-refractivity contribution is 8.03. The van der Waals surface area contributed by atoms with Gasteiger partial charge in [-0.05, 0) is 54.2 Å². The Labute approximate surface area is 211 Å². The van der Waals surface area contributed by atoms with E-state index in [9.17, 15) is 14.7 Å². The van der Waals surface area contributed by atoms with E-state index in [4.69, 9.17) is 41.9 Å². The van der Waals surface area contributed by atoms with Gasteiger partial charge in [0, 0.05) is 16.7 Å². The van der Waals surface area contributed by atoms with E-state index in [1.807, 2.05) is 0 Å². The minimum absolute atomic E-state index is 0.0153. The molecule has 0 atom stereocenters. The molecular weight excluding hydrogens is 519 g/mol. The van der Waals surface area contributed by atoms with Crippen LogP contribution in [0.3, 0.4) is 0 Å². The van der Waals surface area contributed by atoms with Gasteiger partial charge in [-0.1, -0.05) is 29.3 Å². The number of aromatic nitrogens is 2. The number of ether oxygens (including phenoxy) is 1. The number of carboxylic acids is 2. The van der Waals surface area contributed by atoms with E-state index in [0.717, 1.165) is 11.8 Å². The molecule has 0 saturated carbocycles. The molecule has 0 aliphatic carbocycles. The van der Waals surface area contributed by atoms with Crippen molar-refractivity contribution < 1.29 is 33.4 Å². The van der Waals surface area contributed by atoms with E-state index in [1.165, 1.54) is 25.3 Å². The molecule has 4 aromatic rings. The first-order valence-electron chi connectivity index (χ1n) is 9.68. The Bertz CT molecular complexity index is 1460. The molecule has 12 heteroatoms. The van der Waals surface area contributed by atoms with Gasteiger partial charge in [-0.2, -0.15) is 0 Å². The fourth-order valence-corrected chi connectivity index (χ4v) is 4.08. The Morgan fingerprint density at radius 1 is 1.03 bits per heavy atom. The maximum Gasteiger partial charge on any atom is 0.342 e. The Kier molecular flexibility index (Phi) is 7.15. The van der Waals surface area contributed by atoms with Crippen LogP contribution in [0.4, 0.5) is 0 Å². The second-order valence-electron chi connectivity index (χ2n) is 6.84. The zero-order valence-electron chi connectivity index (χ0n) is 17.7. The van der Waals surface area contributed by atoms with Crippen molar-refractivity contribution >= 4 is 53.0 Å². The van der Waals surface area contributed by atoms with Gasteiger partial charge in [0.25, 0.3) is 11.1 Å². The van der Waals surface area contributed by atoms with Gasteiger partial charge in [0.15, 0.2) is 0 Å². The smallest absolute Gasteiger partial charge is 0.342 e. The molecule has 2 N–H and O–H groups in total. The summed E-state index contributed by atoms with van der Waals surface area (Å²) in [5.74, 6) is -1.20. The lowest BCUT2D eigenvalue weighted by atomic mass is 10.1. The zero-order valence-corrected chi connectivity index (χ0v) is 20.0. The lowest BCUT2D eigenvalue weighted by molar-refractivity contribution is -0.131. The lowest BCUT2D eigenvalue weighted by Gasteiger charge is -2.04. The summed E-state index contributed by atoms with van der Waals surface area (Å²) in [6.45, 7) is 0. The SMILES string of the molecule is COc1ccc(Cl)cc1-c1nnc(S/C(=C\c2ccc(-c3ccc(C(=O)O)c(Cl)c3)o2)C(=O)O)o1. The molecule has 178 valence electrons. The van der Waals surface area contributed by atoms with Crippen molar-refractivity contribution in [2.24, 2.45) is 0 Å². The maximum absolute atomic E-state index is 11.8. The monoisotopic (exact) mass is 532 g/mol. The average molecular weight is 533 g/mol. The molecule has 35 heavy (non-hydrogen) atoms. The highest BCUT2D eigenvalue weighted by atomic mass is 35.5. The third kappa shape index (κ3) is 5.51. The second-order valence-corrected chi connectivity index (χ2v) is 8.67. The average Bonchev–Trinajstić information content (AvgIpc) is 3.48. The van der Waals surface area contributed by atoms with Gasteiger partial charge in [0.2, 0.25) is 0 Å². The zero-order chi connectivity index (χ0) is 25.1. The quantitative estimate of drug-likeness (QED) is 0.198. The molecule has 2 heterocycles. The summed E-state index contributed by atoms with van der Waals surface area (Å²) in [5, 5.41) is 27.1. The van der Waals surface area contributed by atoms with Crippen molar-refractivity contribution in [2.45, 2.75) is 5.22 Å². The van der Waals surface area contributed by atoms with Gasteiger partial charge >= 0.3 is 11.9 Å². The van der Waals surface area contributed by atoms with Crippen LogP contribution in [0.5, 0.6) is 5.75 Å². The highest BCUT2D eigenvalue weighted by Crippen LogP contribution is 2.35. The number of nitrogens with zero attached hydrogens (tertiary/aromatic N) is 2. The molecule has 0 aliphatic heterocycles. The number of aromatic carboxylic acids is 1. The summed E-state index contributed by atoms with van der Waals surface area (Å²) >= 11 is 12.8.